The maximum atomic E-state index is 5.89. The number of nitrogen functional groups attached to an aromatic ring is 1. The zero-order valence-electron chi connectivity index (χ0n) is 14.3. The zero-order valence-corrected chi connectivity index (χ0v) is 14.3. The van der Waals surface area contributed by atoms with E-state index in [1.54, 1.807) is 0 Å². The van der Waals surface area contributed by atoms with Crippen molar-refractivity contribution in [3.8, 4) is 0 Å². The lowest BCUT2D eigenvalue weighted by atomic mass is 10.1. The summed E-state index contributed by atoms with van der Waals surface area (Å²) in [5.41, 5.74) is 6.80. The summed E-state index contributed by atoms with van der Waals surface area (Å²) >= 11 is 0. The molecule has 7 nitrogen and oxygen atoms in total. The van der Waals surface area contributed by atoms with Crippen molar-refractivity contribution in [1.82, 2.24) is 19.9 Å². The van der Waals surface area contributed by atoms with E-state index >= 15 is 0 Å². The first-order valence-electron chi connectivity index (χ1n) is 8.24. The van der Waals surface area contributed by atoms with Crippen molar-refractivity contribution in [3.05, 3.63) is 36.2 Å². The summed E-state index contributed by atoms with van der Waals surface area (Å²) in [6.07, 6.45) is 0.384. The average Bonchev–Trinajstić information content (AvgIpc) is 2.53. The fourth-order valence-electron chi connectivity index (χ4n) is 3.00. The Kier molecular flexibility index (Phi) is 4.92. The highest BCUT2D eigenvalue weighted by Gasteiger charge is 2.28. The second-order valence-electron chi connectivity index (χ2n) is 6.25. The van der Waals surface area contributed by atoms with Crippen LogP contribution < -0.4 is 11.1 Å². The summed E-state index contributed by atoms with van der Waals surface area (Å²) in [6, 6.07) is 9.81. The number of nitrogens with zero attached hydrogens (tertiary/aromatic N) is 4. The second kappa shape index (κ2) is 7.11. The number of aromatic nitrogens is 3. The highest BCUT2D eigenvalue weighted by Crippen LogP contribution is 2.23. The monoisotopic (exact) mass is 328 g/mol. The van der Waals surface area contributed by atoms with Gasteiger partial charge in [0.15, 0.2) is 5.82 Å². The number of anilines is 3. The molecule has 0 saturated carbocycles. The van der Waals surface area contributed by atoms with Crippen LogP contribution in [0, 0.1) is 0 Å². The third kappa shape index (κ3) is 3.98. The van der Waals surface area contributed by atoms with E-state index in [9.17, 15) is 0 Å². The van der Waals surface area contributed by atoms with E-state index in [-0.39, 0.29) is 24.2 Å². The number of hydrogen-bond acceptors (Lipinski definition) is 7. The maximum absolute atomic E-state index is 5.89. The van der Waals surface area contributed by atoms with E-state index in [1.807, 2.05) is 30.3 Å². The predicted molar refractivity (Wildman–Crippen MR) is 94.0 cm³/mol. The first-order chi connectivity index (χ1) is 11.5. The van der Waals surface area contributed by atoms with Gasteiger partial charge >= 0.3 is 0 Å². The molecule has 0 unspecified atom stereocenters. The van der Waals surface area contributed by atoms with Gasteiger partial charge in [0.1, 0.15) is 0 Å². The van der Waals surface area contributed by atoms with Crippen molar-refractivity contribution in [2.75, 3.05) is 24.1 Å². The first kappa shape index (κ1) is 16.6. The molecule has 3 atom stereocenters. The molecule has 128 valence electrons. The highest BCUT2D eigenvalue weighted by atomic mass is 16.5. The Bertz CT molecular complexity index is 670. The number of nitrogens with one attached hydrogen (secondary N) is 1. The third-order valence-corrected chi connectivity index (χ3v) is 4.07. The summed E-state index contributed by atoms with van der Waals surface area (Å²) in [7, 11) is 0. The van der Waals surface area contributed by atoms with E-state index in [0.717, 1.165) is 18.8 Å². The summed E-state index contributed by atoms with van der Waals surface area (Å²) in [6.45, 7) is 7.95. The van der Waals surface area contributed by atoms with Crippen LogP contribution in [0.4, 0.5) is 17.6 Å². The molecule has 2 heterocycles. The molecule has 7 heteroatoms. The van der Waals surface area contributed by atoms with Crippen LogP contribution in [0.15, 0.2) is 30.3 Å². The number of para-hydroxylation sites is 1. The van der Waals surface area contributed by atoms with Gasteiger partial charge in [-0.3, -0.25) is 4.90 Å². The largest absolute Gasteiger partial charge is 0.373 e. The molecule has 3 rings (SSSR count). The van der Waals surface area contributed by atoms with Gasteiger partial charge in [0.2, 0.25) is 11.9 Å². The van der Waals surface area contributed by atoms with E-state index in [0.29, 0.717) is 11.8 Å². The zero-order chi connectivity index (χ0) is 17.1. The Morgan fingerprint density at radius 2 is 1.79 bits per heavy atom. The molecule has 1 aliphatic rings. The Labute approximate surface area is 142 Å². The molecule has 0 amide bonds. The van der Waals surface area contributed by atoms with Crippen molar-refractivity contribution in [1.29, 1.82) is 0 Å². The normalized spacial score (nSPS) is 23.0. The van der Waals surface area contributed by atoms with Crippen molar-refractivity contribution in [2.24, 2.45) is 0 Å². The minimum atomic E-state index is 0.0421. The van der Waals surface area contributed by atoms with Crippen LogP contribution in [0.1, 0.15) is 32.6 Å². The van der Waals surface area contributed by atoms with Crippen LogP contribution >= 0.6 is 0 Å². The van der Waals surface area contributed by atoms with Gasteiger partial charge in [-0.1, -0.05) is 18.2 Å². The van der Waals surface area contributed by atoms with Crippen LogP contribution in [0.25, 0.3) is 0 Å². The smallest absolute Gasteiger partial charge is 0.232 e. The number of benzene rings is 1. The van der Waals surface area contributed by atoms with Crippen LogP contribution in [-0.2, 0) is 4.74 Å². The van der Waals surface area contributed by atoms with E-state index in [1.165, 1.54) is 0 Å². The maximum Gasteiger partial charge on any atom is 0.232 e. The number of hydrogen-bond donors (Lipinski definition) is 2. The van der Waals surface area contributed by atoms with Gasteiger partial charge in [-0.25, -0.2) is 0 Å². The molecule has 1 aliphatic heterocycles. The summed E-state index contributed by atoms with van der Waals surface area (Å²) in [5, 5.41) is 3.18. The van der Waals surface area contributed by atoms with Crippen molar-refractivity contribution >= 4 is 17.6 Å². The lowest BCUT2D eigenvalue weighted by molar-refractivity contribution is -0.0797. The number of nitrogens with two attached hydrogens (primary N) is 1. The summed E-state index contributed by atoms with van der Waals surface area (Å²) in [4.78, 5) is 15.4. The molecule has 0 bridgehead atoms. The fraction of sp³-hybridized carbons (Fsp3) is 0.471. The standard InChI is InChI=1S/C17H24N6O/c1-11-9-23(10-12(2)24-11)13(3)15-20-16(18)22-17(21-15)19-14-7-5-4-6-8-14/h4-8,11-13H,9-10H2,1-3H3,(H3,18,19,20,21,22)/t11-,12-,13+/m1/s1. The lowest BCUT2D eigenvalue weighted by Gasteiger charge is -2.38. The predicted octanol–water partition coefficient (Wildman–Crippen LogP) is 2.37. The van der Waals surface area contributed by atoms with Crippen molar-refractivity contribution in [2.45, 2.75) is 39.0 Å². The quantitative estimate of drug-likeness (QED) is 0.890. The van der Waals surface area contributed by atoms with Gasteiger partial charge in [-0.05, 0) is 32.9 Å². The SMILES string of the molecule is C[C@@H]1CN([C@@H](C)c2nc(N)nc(Nc3ccccc3)n2)C[C@@H](C)O1. The molecule has 3 N–H and O–H groups in total. The van der Waals surface area contributed by atoms with Crippen LogP contribution in [0.5, 0.6) is 0 Å². The van der Waals surface area contributed by atoms with Crippen molar-refractivity contribution < 1.29 is 4.74 Å². The minimum Gasteiger partial charge on any atom is -0.373 e. The van der Waals surface area contributed by atoms with Gasteiger partial charge in [-0.2, -0.15) is 15.0 Å². The van der Waals surface area contributed by atoms with Crippen LogP contribution in [-0.4, -0.2) is 45.1 Å². The molecule has 1 aromatic heterocycles. The van der Waals surface area contributed by atoms with Gasteiger partial charge in [0, 0.05) is 18.8 Å². The van der Waals surface area contributed by atoms with Gasteiger partial charge < -0.3 is 15.8 Å². The fourth-order valence-corrected chi connectivity index (χ4v) is 3.00. The number of rotatable bonds is 4. The Hall–Kier alpha value is -2.25. The van der Waals surface area contributed by atoms with Crippen LogP contribution in [0.3, 0.4) is 0 Å². The molecule has 24 heavy (non-hydrogen) atoms. The summed E-state index contributed by atoms with van der Waals surface area (Å²) in [5.74, 6) is 1.35. The highest BCUT2D eigenvalue weighted by molar-refractivity contribution is 5.53. The lowest BCUT2D eigenvalue weighted by Crippen LogP contribution is -2.46. The Morgan fingerprint density at radius 3 is 2.46 bits per heavy atom. The second-order valence-corrected chi connectivity index (χ2v) is 6.25. The molecule has 1 fully saturated rings. The van der Waals surface area contributed by atoms with Crippen molar-refractivity contribution in [3.63, 3.8) is 0 Å². The van der Waals surface area contributed by atoms with Gasteiger partial charge in [-0.15, -0.1) is 0 Å². The molecule has 2 aromatic rings. The van der Waals surface area contributed by atoms with E-state index in [2.05, 4.69) is 45.9 Å². The molecule has 1 aromatic carbocycles. The summed E-state index contributed by atoms with van der Waals surface area (Å²) < 4.78 is 5.80. The average molecular weight is 328 g/mol. The van der Waals surface area contributed by atoms with E-state index < -0.39 is 0 Å². The molecule has 0 aliphatic carbocycles. The molecule has 0 spiro atoms. The molecule has 0 radical (unpaired) electrons. The molecular weight excluding hydrogens is 304 g/mol. The minimum absolute atomic E-state index is 0.0421. The first-order valence-corrected chi connectivity index (χ1v) is 8.24. The Morgan fingerprint density at radius 1 is 1.12 bits per heavy atom. The number of morpholine rings is 1. The van der Waals surface area contributed by atoms with Gasteiger partial charge in [0.25, 0.3) is 0 Å². The third-order valence-electron chi connectivity index (χ3n) is 4.07. The van der Waals surface area contributed by atoms with E-state index in [4.69, 9.17) is 10.5 Å². The van der Waals surface area contributed by atoms with Gasteiger partial charge in [0.05, 0.1) is 18.2 Å². The molecular formula is C17H24N6O. The molecule has 1 saturated heterocycles. The topological polar surface area (TPSA) is 89.2 Å². The number of ether oxygens (including phenoxy) is 1. The Balaban J connectivity index is 1.80. The van der Waals surface area contributed by atoms with Crippen LogP contribution in [0.2, 0.25) is 0 Å².